The lowest BCUT2D eigenvalue weighted by Gasteiger charge is -2.06. The minimum absolute atomic E-state index is 0.240. The Morgan fingerprint density at radius 1 is 1.20 bits per heavy atom. The summed E-state index contributed by atoms with van der Waals surface area (Å²) in [4.78, 5) is 4.17. The fraction of sp³-hybridized carbons (Fsp3) is 0.0667. The molecular weight excluding hydrogens is 272 g/mol. The highest BCUT2D eigenvalue weighted by molar-refractivity contribution is 7.19. The normalized spacial score (nSPS) is 10.3. The molecular formula is C15H10N2O2S. The standard InChI is InChI=1S/C15H10N2O2S/c16-8-15-17-13-6-5-12(7-14(13)20-15)19-9-10-1-3-11(18)4-2-10/h1-7,18H,9H2. The molecule has 0 amide bonds. The molecule has 0 fully saturated rings. The molecule has 0 radical (unpaired) electrons. The van der Waals surface area contributed by atoms with Crippen molar-refractivity contribution < 1.29 is 9.84 Å². The average molecular weight is 282 g/mol. The predicted octanol–water partition coefficient (Wildman–Crippen LogP) is 3.45. The first-order chi connectivity index (χ1) is 9.74. The first-order valence-electron chi connectivity index (χ1n) is 5.96. The van der Waals surface area contributed by atoms with Crippen molar-refractivity contribution in [3.05, 3.63) is 53.0 Å². The first kappa shape index (κ1) is 12.5. The quantitative estimate of drug-likeness (QED) is 0.799. The van der Waals surface area contributed by atoms with Crippen molar-refractivity contribution in [3.63, 3.8) is 0 Å². The van der Waals surface area contributed by atoms with Gasteiger partial charge in [-0.1, -0.05) is 12.1 Å². The lowest BCUT2D eigenvalue weighted by Crippen LogP contribution is -1.94. The molecule has 2 aromatic carbocycles. The summed E-state index contributed by atoms with van der Waals surface area (Å²) >= 11 is 1.35. The molecule has 98 valence electrons. The second kappa shape index (κ2) is 5.19. The maximum atomic E-state index is 9.21. The molecule has 3 rings (SSSR count). The number of hydrogen-bond donors (Lipinski definition) is 1. The second-order valence-electron chi connectivity index (χ2n) is 4.22. The smallest absolute Gasteiger partial charge is 0.195 e. The molecule has 0 aliphatic heterocycles. The van der Waals surface area contributed by atoms with E-state index in [0.29, 0.717) is 11.6 Å². The monoisotopic (exact) mass is 282 g/mol. The van der Waals surface area contributed by atoms with Gasteiger partial charge >= 0.3 is 0 Å². The van der Waals surface area contributed by atoms with Crippen molar-refractivity contribution in [1.82, 2.24) is 4.98 Å². The Kier molecular flexibility index (Phi) is 3.23. The zero-order valence-electron chi connectivity index (χ0n) is 10.4. The van der Waals surface area contributed by atoms with Gasteiger partial charge in [-0.15, -0.1) is 11.3 Å². The third-order valence-electron chi connectivity index (χ3n) is 2.80. The van der Waals surface area contributed by atoms with Crippen molar-refractivity contribution in [3.8, 4) is 17.6 Å². The van der Waals surface area contributed by atoms with Gasteiger partial charge in [0.25, 0.3) is 0 Å². The number of phenolic OH excluding ortho intramolecular Hbond substituents is 1. The Hall–Kier alpha value is -2.58. The molecule has 1 heterocycles. The summed E-state index contributed by atoms with van der Waals surface area (Å²) in [5, 5.41) is 18.5. The number of aromatic nitrogens is 1. The Bertz CT molecular complexity index is 788. The SMILES string of the molecule is N#Cc1nc2ccc(OCc3ccc(O)cc3)cc2s1. The van der Waals surface area contributed by atoms with Crippen LogP contribution in [0.15, 0.2) is 42.5 Å². The maximum absolute atomic E-state index is 9.21. The largest absolute Gasteiger partial charge is 0.508 e. The van der Waals surface area contributed by atoms with Crippen LogP contribution >= 0.6 is 11.3 Å². The van der Waals surface area contributed by atoms with E-state index < -0.39 is 0 Å². The van der Waals surface area contributed by atoms with E-state index in [9.17, 15) is 5.11 Å². The van der Waals surface area contributed by atoms with Gasteiger partial charge in [-0.05, 0) is 35.9 Å². The van der Waals surface area contributed by atoms with E-state index in [2.05, 4.69) is 4.98 Å². The Labute approximate surface area is 119 Å². The number of benzene rings is 2. The molecule has 0 atom stereocenters. The molecule has 20 heavy (non-hydrogen) atoms. The molecule has 0 unspecified atom stereocenters. The van der Waals surface area contributed by atoms with Gasteiger partial charge in [-0.3, -0.25) is 0 Å². The fourth-order valence-corrected chi connectivity index (χ4v) is 2.59. The van der Waals surface area contributed by atoms with Gasteiger partial charge in [0.15, 0.2) is 5.01 Å². The second-order valence-corrected chi connectivity index (χ2v) is 5.25. The highest BCUT2D eigenvalue weighted by atomic mass is 32.1. The van der Waals surface area contributed by atoms with Crippen LogP contribution in [-0.4, -0.2) is 10.1 Å². The summed E-state index contributed by atoms with van der Waals surface area (Å²) < 4.78 is 6.63. The van der Waals surface area contributed by atoms with Crippen LogP contribution in [-0.2, 0) is 6.61 Å². The lowest BCUT2D eigenvalue weighted by atomic mass is 10.2. The van der Waals surface area contributed by atoms with Gasteiger partial charge in [0.2, 0.25) is 0 Å². The third-order valence-corrected chi connectivity index (χ3v) is 3.72. The highest BCUT2D eigenvalue weighted by Gasteiger charge is 2.04. The summed E-state index contributed by atoms with van der Waals surface area (Å²) in [5.74, 6) is 0.975. The Morgan fingerprint density at radius 2 is 2.00 bits per heavy atom. The number of nitriles is 1. The molecule has 0 saturated heterocycles. The number of fused-ring (bicyclic) bond motifs is 1. The average Bonchev–Trinajstić information content (AvgIpc) is 2.89. The molecule has 0 spiro atoms. The van der Waals surface area contributed by atoms with E-state index in [1.54, 1.807) is 12.1 Å². The zero-order valence-corrected chi connectivity index (χ0v) is 11.2. The zero-order chi connectivity index (χ0) is 13.9. The minimum atomic E-state index is 0.240. The summed E-state index contributed by atoms with van der Waals surface area (Å²) in [6.45, 7) is 0.426. The van der Waals surface area contributed by atoms with Crippen LogP contribution in [0.1, 0.15) is 10.6 Å². The summed E-state index contributed by atoms with van der Waals surface area (Å²) in [6.07, 6.45) is 0. The summed E-state index contributed by atoms with van der Waals surface area (Å²) in [7, 11) is 0. The van der Waals surface area contributed by atoms with Crippen LogP contribution < -0.4 is 4.74 Å². The van der Waals surface area contributed by atoms with Gasteiger partial charge in [0.05, 0.1) is 10.2 Å². The number of rotatable bonds is 3. The van der Waals surface area contributed by atoms with E-state index in [4.69, 9.17) is 10.00 Å². The molecule has 1 N–H and O–H groups in total. The summed E-state index contributed by atoms with van der Waals surface area (Å²) in [6, 6.07) is 14.5. The highest BCUT2D eigenvalue weighted by Crippen LogP contribution is 2.26. The van der Waals surface area contributed by atoms with E-state index in [-0.39, 0.29) is 5.75 Å². The topological polar surface area (TPSA) is 66.1 Å². The fourth-order valence-electron chi connectivity index (χ4n) is 1.80. The Balaban J connectivity index is 1.77. The van der Waals surface area contributed by atoms with E-state index in [1.165, 1.54) is 11.3 Å². The number of aromatic hydroxyl groups is 1. The number of hydrogen-bond acceptors (Lipinski definition) is 5. The maximum Gasteiger partial charge on any atom is 0.195 e. The van der Waals surface area contributed by atoms with Crippen molar-refractivity contribution >= 4 is 21.6 Å². The van der Waals surface area contributed by atoms with Crippen LogP contribution in [0.3, 0.4) is 0 Å². The van der Waals surface area contributed by atoms with E-state index in [1.807, 2.05) is 36.4 Å². The Morgan fingerprint density at radius 3 is 2.75 bits per heavy atom. The number of nitrogens with zero attached hydrogens (tertiary/aromatic N) is 2. The first-order valence-corrected chi connectivity index (χ1v) is 6.77. The van der Waals surface area contributed by atoms with Crippen molar-refractivity contribution in [2.75, 3.05) is 0 Å². The third kappa shape index (κ3) is 2.56. The number of ether oxygens (including phenoxy) is 1. The molecule has 1 aromatic heterocycles. The van der Waals surface area contributed by atoms with Crippen LogP contribution in [0.25, 0.3) is 10.2 Å². The number of phenols is 1. The summed E-state index contributed by atoms with van der Waals surface area (Å²) in [5.41, 5.74) is 1.79. The van der Waals surface area contributed by atoms with E-state index >= 15 is 0 Å². The van der Waals surface area contributed by atoms with Crippen molar-refractivity contribution in [1.29, 1.82) is 5.26 Å². The van der Waals surface area contributed by atoms with Gasteiger partial charge in [-0.2, -0.15) is 5.26 Å². The molecule has 4 nitrogen and oxygen atoms in total. The van der Waals surface area contributed by atoms with Gasteiger partial charge in [0, 0.05) is 0 Å². The lowest BCUT2D eigenvalue weighted by molar-refractivity contribution is 0.306. The van der Waals surface area contributed by atoms with Gasteiger partial charge in [0.1, 0.15) is 24.2 Å². The molecule has 0 aliphatic carbocycles. The van der Waals surface area contributed by atoms with Crippen molar-refractivity contribution in [2.24, 2.45) is 0 Å². The molecule has 0 aliphatic rings. The molecule has 0 saturated carbocycles. The van der Waals surface area contributed by atoms with Crippen LogP contribution in [0, 0.1) is 11.3 Å². The van der Waals surface area contributed by atoms with Gasteiger partial charge in [-0.25, -0.2) is 4.98 Å². The molecule has 3 aromatic rings. The van der Waals surface area contributed by atoms with Crippen molar-refractivity contribution in [2.45, 2.75) is 6.61 Å². The minimum Gasteiger partial charge on any atom is -0.508 e. The van der Waals surface area contributed by atoms with Crippen LogP contribution in [0.4, 0.5) is 0 Å². The van der Waals surface area contributed by atoms with E-state index in [0.717, 1.165) is 21.5 Å². The number of thiazole rings is 1. The predicted molar refractivity (Wildman–Crippen MR) is 76.8 cm³/mol. The molecule has 0 bridgehead atoms. The van der Waals surface area contributed by atoms with Crippen LogP contribution in [0.2, 0.25) is 0 Å². The molecule has 5 heteroatoms. The van der Waals surface area contributed by atoms with Crippen LogP contribution in [0.5, 0.6) is 11.5 Å². The van der Waals surface area contributed by atoms with Gasteiger partial charge < -0.3 is 9.84 Å².